The van der Waals surface area contributed by atoms with Gasteiger partial charge in [-0.2, -0.15) is 0 Å². The average molecular weight is 275 g/mol. The molecule has 1 fully saturated rings. The highest BCUT2D eigenvalue weighted by Crippen LogP contribution is 2.36. The van der Waals surface area contributed by atoms with Gasteiger partial charge in [0, 0.05) is 13.1 Å². The lowest BCUT2D eigenvalue weighted by molar-refractivity contribution is -0.218. The van der Waals surface area contributed by atoms with Gasteiger partial charge in [-0.1, -0.05) is 29.8 Å². The van der Waals surface area contributed by atoms with E-state index < -0.39 is 11.3 Å². The Morgan fingerprint density at radius 2 is 2.10 bits per heavy atom. The van der Waals surface area contributed by atoms with Crippen LogP contribution in [-0.2, 0) is 14.4 Å². The first-order valence-electron chi connectivity index (χ1n) is 6.94. The van der Waals surface area contributed by atoms with Crippen molar-refractivity contribution >= 4 is 12.3 Å². The van der Waals surface area contributed by atoms with Crippen LogP contribution in [0, 0.1) is 12.3 Å². The Kier molecular flexibility index (Phi) is 4.23. The summed E-state index contributed by atoms with van der Waals surface area (Å²) in [5.74, 6) is -0.855. The van der Waals surface area contributed by atoms with E-state index in [-0.39, 0.29) is 5.97 Å². The molecule has 0 aliphatic carbocycles. The van der Waals surface area contributed by atoms with Crippen LogP contribution < -0.4 is 0 Å². The predicted octanol–water partition coefficient (Wildman–Crippen LogP) is 2.47. The number of aryl methyl sites for hydroxylation is 1. The van der Waals surface area contributed by atoms with Crippen LogP contribution in [0.1, 0.15) is 37.3 Å². The van der Waals surface area contributed by atoms with Crippen molar-refractivity contribution in [2.24, 2.45) is 5.41 Å². The lowest BCUT2D eigenvalue weighted by Gasteiger charge is -2.34. The lowest BCUT2D eigenvalue weighted by atomic mass is 9.75. The fraction of sp³-hybridized carbons (Fsp3) is 0.500. The van der Waals surface area contributed by atoms with Crippen LogP contribution in [-0.4, -0.2) is 30.4 Å². The molecule has 0 spiro atoms. The summed E-state index contributed by atoms with van der Waals surface area (Å²) in [6.07, 6.45) is 1.88. The third-order valence-corrected chi connectivity index (χ3v) is 3.87. The molecule has 0 amide bonds. The fourth-order valence-electron chi connectivity index (χ4n) is 2.27. The summed E-state index contributed by atoms with van der Waals surface area (Å²) in [5.41, 5.74) is 1.04. The summed E-state index contributed by atoms with van der Waals surface area (Å²) in [5, 5.41) is 1.64. The first kappa shape index (κ1) is 14.7. The van der Waals surface area contributed by atoms with Gasteiger partial charge in [0.2, 0.25) is 0 Å². The maximum atomic E-state index is 12.3. The van der Waals surface area contributed by atoms with Gasteiger partial charge < -0.3 is 9.63 Å². The van der Waals surface area contributed by atoms with Crippen molar-refractivity contribution in [3.05, 3.63) is 35.4 Å². The van der Waals surface area contributed by atoms with Crippen molar-refractivity contribution in [2.75, 3.05) is 13.1 Å². The van der Waals surface area contributed by atoms with Crippen LogP contribution >= 0.6 is 0 Å². The van der Waals surface area contributed by atoms with Gasteiger partial charge >= 0.3 is 5.97 Å². The third kappa shape index (κ3) is 2.90. The summed E-state index contributed by atoms with van der Waals surface area (Å²) >= 11 is 0. The minimum absolute atomic E-state index is 0.351. The van der Waals surface area contributed by atoms with E-state index in [0.29, 0.717) is 0 Å². The maximum absolute atomic E-state index is 12.3. The molecule has 1 heterocycles. The Morgan fingerprint density at radius 1 is 1.40 bits per heavy atom. The van der Waals surface area contributed by atoms with E-state index in [1.54, 1.807) is 18.9 Å². The highest BCUT2D eigenvalue weighted by Gasteiger charge is 2.41. The number of carbonyl (C=O) groups is 2. The van der Waals surface area contributed by atoms with Crippen molar-refractivity contribution < 1.29 is 14.4 Å². The first-order chi connectivity index (χ1) is 9.45. The Balaban J connectivity index is 2.19. The molecule has 1 aliphatic rings. The molecule has 1 unspecified atom stereocenters. The highest BCUT2D eigenvalue weighted by molar-refractivity contribution is 5.83. The lowest BCUT2D eigenvalue weighted by Crippen LogP contribution is -2.44. The number of rotatable bonds is 5. The smallest absolute Gasteiger partial charge is 0.331 e. The van der Waals surface area contributed by atoms with Gasteiger partial charge in [-0.25, -0.2) is 4.79 Å². The average Bonchev–Trinajstić information content (AvgIpc) is 2.34. The van der Waals surface area contributed by atoms with Gasteiger partial charge in [0.25, 0.3) is 0 Å². The second kappa shape index (κ2) is 5.75. The molecular weight excluding hydrogens is 254 g/mol. The second-order valence-corrected chi connectivity index (χ2v) is 5.91. The molecule has 0 bridgehead atoms. The molecular formula is C16H21NO3. The quantitative estimate of drug-likeness (QED) is 0.774. The van der Waals surface area contributed by atoms with Gasteiger partial charge in [-0.15, -0.1) is 5.06 Å². The number of hydrogen-bond acceptors (Lipinski definition) is 4. The number of benzene rings is 1. The molecule has 4 heteroatoms. The summed E-state index contributed by atoms with van der Waals surface area (Å²) < 4.78 is 0. The Labute approximate surface area is 119 Å². The van der Waals surface area contributed by atoms with E-state index in [1.807, 2.05) is 31.2 Å². The van der Waals surface area contributed by atoms with Gasteiger partial charge in [0.1, 0.15) is 6.29 Å². The largest absolute Gasteiger partial charge is 0.367 e. The maximum Gasteiger partial charge on any atom is 0.331 e. The van der Waals surface area contributed by atoms with Crippen LogP contribution in [0.2, 0.25) is 0 Å². The van der Waals surface area contributed by atoms with Gasteiger partial charge in [-0.05, 0) is 32.8 Å². The van der Waals surface area contributed by atoms with E-state index in [2.05, 4.69) is 0 Å². The van der Waals surface area contributed by atoms with E-state index in [4.69, 9.17) is 4.84 Å². The monoisotopic (exact) mass is 275 g/mol. The zero-order valence-electron chi connectivity index (χ0n) is 12.3. The molecule has 0 N–H and O–H groups in total. The van der Waals surface area contributed by atoms with Crippen LogP contribution in [0.3, 0.4) is 0 Å². The molecule has 4 nitrogen and oxygen atoms in total. The van der Waals surface area contributed by atoms with Crippen molar-refractivity contribution in [1.82, 2.24) is 5.06 Å². The molecule has 1 atom stereocenters. The molecule has 0 saturated carbocycles. The number of carbonyl (C=O) groups excluding carboxylic acids is 2. The molecule has 1 aliphatic heterocycles. The molecule has 108 valence electrons. The Hall–Kier alpha value is -1.68. The fourth-order valence-corrected chi connectivity index (χ4v) is 2.27. The van der Waals surface area contributed by atoms with Crippen molar-refractivity contribution in [3.63, 3.8) is 0 Å². The van der Waals surface area contributed by atoms with E-state index >= 15 is 0 Å². The number of nitrogens with zero attached hydrogens (tertiary/aromatic N) is 1. The number of aldehydes is 1. The zero-order valence-corrected chi connectivity index (χ0v) is 12.3. The topological polar surface area (TPSA) is 46.6 Å². The Bertz CT molecular complexity index is 506. The molecule has 1 aromatic rings. The normalized spacial score (nSPS) is 17.1. The van der Waals surface area contributed by atoms with Crippen LogP contribution in [0.4, 0.5) is 0 Å². The van der Waals surface area contributed by atoms with Gasteiger partial charge in [0.05, 0.1) is 11.3 Å². The SMILES string of the molecule is Cc1cccc(C(C=O)C(C)(C)C(=O)ON2CCC2)c1. The molecule has 20 heavy (non-hydrogen) atoms. The standard InChI is InChI=1S/C16H21NO3/c1-12-6-4-7-13(10-12)14(11-18)16(2,3)15(19)20-17-8-5-9-17/h4,6-7,10-11,14H,5,8-9H2,1-3H3. The molecule has 1 saturated heterocycles. The van der Waals surface area contributed by atoms with E-state index in [0.717, 1.165) is 36.9 Å². The zero-order chi connectivity index (χ0) is 14.8. The van der Waals surface area contributed by atoms with Gasteiger partial charge in [-0.3, -0.25) is 0 Å². The minimum atomic E-state index is -0.884. The number of hydroxylamine groups is 2. The van der Waals surface area contributed by atoms with E-state index in [1.165, 1.54) is 0 Å². The van der Waals surface area contributed by atoms with Gasteiger partial charge in [0.15, 0.2) is 0 Å². The molecule has 0 aromatic heterocycles. The molecule has 1 aromatic carbocycles. The first-order valence-corrected chi connectivity index (χ1v) is 6.94. The summed E-state index contributed by atoms with van der Waals surface area (Å²) in [4.78, 5) is 29.1. The number of hydrogen-bond donors (Lipinski definition) is 0. The summed E-state index contributed by atoms with van der Waals surface area (Å²) in [6.45, 7) is 7.04. The van der Waals surface area contributed by atoms with E-state index in [9.17, 15) is 9.59 Å². The van der Waals surface area contributed by atoms with Crippen molar-refractivity contribution in [1.29, 1.82) is 0 Å². The predicted molar refractivity (Wildman–Crippen MR) is 76.0 cm³/mol. The minimum Gasteiger partial charge on any atom is -0.367 e. The highest BCUT2D eigenvalue weighted by atomic mass is 16.7. The van der Waals surface area contributed by atoms with Crippen molar-refractivity contribution in [2.45, 2.75) is 33.1 Å². The van der Waals surface area contributed by atoms with Crippen LogP contribution in [0.15, 0.2) is 24.3 Å². The summed E-state index contributed by atoms with van der Waals surface area (Å²) in [6, 6.07) is 7.69. The molecule has 2 rings (SSSR count). The summed E-state index contributed by atoms with van der Waals surface area (Å²) in [7, 11) is 0. The second-order valence-electron chi connectivity index (χ2n) is 5.91. The Morgan fingerprint density at radius 3 is 2.60 bits per heavy atom. The van der Waals surface area contributed by atoms with Crippen LogP contribution in [0.5, 0.6) is 0 Å². The third-order valence-electron chi connectivity index (χ3n) is 3.87. The van der Waals surface area contributed by atoms with Crippen molar-refractivity contribution in [3.8, 4) is 0 Å². The molecule has 0 radical (unpaired) electrons. The van der Waals surface area contributed by atoms with Crippen LogP contribution in [0.25, 0.3) is 0 Å².